The van der Waals surface area contributed by atoms with Gasteiger partial charge < -0.3 is 25.8 Å². The Labute approximate surface area is 197 Å². The number of esters is 1. The first-order valence-corrected chi connectivity index (χ1v) is 11.4. The molecule has 1 aromatic carbocycles. The molecule has 0 fully saturated rings. The first kappa shape index (κ1) is 28.4. The number of methoxy groups -OCH3 is 2. The molecule has 0 saturated carbocycles. The Morgan fingerprint density at radius 1 is 0.970 bits per heavy atom. The standard InChI is InChI=1S/C24H40N4O5/c1-16(2)14-20(27-19(24(31)33-5)8-6-7-13-25)23(30)28-21(22(29)26-3)15-17-9-11-18(32-4)12-10-17/h9-12,16,19-21,27H,6-8,13-15,25H2,1-5H3,(H,26,29)(H,28,30)/t19-,20+,21+/m1/s1. The Balaban J connectivity index is 2.99. The van der Waals surface area contributed by atoms with Crippen LogP contribution in [-0.4, -0.2) is 63.7 Å². The van der Waals surface area contributed by atoms with Crippen molar-refractivity contribution < 1.29 is 23.9 Å². The minimum absolute atomic E-state index is 0.190. The van der Waals surface area contributed by atoms with Crippen LogP contribution in [0.25, 0.3) is 0 Å². The number of hydrogen-bond acceptors (Lipinski definition) is 7. The molecule has 3 atom stereocenters. The predicted molar refractivity (Wildman–Crippen MR) is 128 cm³/mol. The lowest BCUT2D eigenvalue weighted by atomic mass is 9.99. The fraction of sp³-hybridized carbons (Fsp3) is 0.625. The van der Waals surface area contributed by atoms with Gasteiger partial charge in [-0.1, -0.05) is 32.4 Å². The fourth-order valence-corrected chi connectivity index (χ4v) is 3.52. The van der Waals surface area contributed by atoms with E-state index in [1.165, 1.54) is 14.2 Å². The maximum absolute atomic E-state index is 13.2. The van der Waals surface area contributed by atoms with Crippen molar-refractivity contribution in [3.8, 4) is 5.75 Å². The van der Waals surface area contributed by atoms with Crippen molar-refractivity contribution in [2.45, 2.75) is 64.1 Å². The molecule has 0 bridgehead atoms. The molecule has 0 heterocycles. The zero-order valence-electron chi connectivity index (χ0n) is 20.5. The van der Waals surface area contributed by atoms with E-state index in [4.69, 9.17) is 15.2 Å². The Morgan fingerprint density at radius 2 is 1.64 bits per heavy atom. The van der Waals surface area contributed by atoms with Crippen molar-refractivity contribution in [1.29, 1.82) is 0 Å². The third kappa shape index (κ3) is 10.2. The van der Waals surface area contributed by atoms with E-state index in [2.05, 4.69) is 16.0 Å². The highest BCUT2D eigenvalue weighted by atomic mass is 16.5. The Hall–Kier alpha value is -2.65. The van der Waals surface area contributed by atoms with Gasteiger partial charge in [0.05, 0.1) is 20.3 Å². The third-order valence-electron chi connectivity index (χ3n) is 5.34. The van der Waals surface area contributed by atoms with E-state index in [1.807, 2.05) is 38.1 Å². The first-order chi connectivity index (χ1) is 15.7. The van der Waals surface area contributed by atoms with Crippen LogP contribution in [0.5, 0.6) is 5.75 Å². The van der Waals surface area contributed by atoms with Crippen LogP contribution in [-0.2, 0) is 25.5 Å². The largest absolute Gasteiger partial charge is 0.497 e. The number of rotatable bonds is 15. The third-order valence-corrected chi connectivity index (χ3v) is 5.34. The summed E-state index contributed by atoms with van der Waals surface area (Å²) in [6, 6.07) is 5.28. The number of nitrogens with two attached hydrogens (primary N) is 1. The maximum atomic E-state index is 13.2. The number of hydrogen-bond donors (Lipinski definition) is 4. The number of carbonyl (C=O) groups excluding carboxylic acids is 3. The lowest BCUT2D eigenvalue weighted by Crippen LogP contribution is -2.56. The van der Waals surface area contributed by atoms with Crippen molar-refractivity contribution in [2.24, 2.45) is 11.7 Å². The number of unbranched alkanes of at least 4 members (excludes halogenated alkanes) is 1. The van der Waals surface area contributed by atoms with Crippen molar-refractivity contribution in [2.75, 3.05) is 27.8 Å². The van der Waals surface area contributed by atoms with Crippen molar-refractivity contribution in [1.82, 2.24) is 16.0 Å². The smallest absolute Gasteiger partial charge is 0.322 e. The van der Waals surface area contributed by atoms with Crippen LogP contribution < -0.4 is 26.4 Å². The molecule has 0 aromatic heterocycles. The lowest BCUT2D eigenvalue weighted by molar-refractivity contribution is -0.144. The number of carbonyl (C=O) groups is 3. The van der Waals surface area contributed by atoms with E-state index in [-0.39, 0.29) is 17.7 Å². The predicted octanol–water partition coefficient (Wildman–Crippen LogP) is 1.14. The van der Waals surface area contributed by atoms with Crippen LogP contribution in [0.1, 0.15) is 45.1 Å². The number of benzene rings is 1. The van der Waals surface area contributed by atoms with E-state index in [1.54, 1.807) is 7.11 Å². The molecule has 186 valence electrons. The maximum Gasteiger partial charge on any atom is 0.322 e. The molecule has 2 amide bonds. The van der Waals surface area contributed by atoms with Crippen molar-refractivity contribution in [3.63, 3.8) is 0 Å². The molecule has 0 aliphatic rings. The van der Waals surface area contributed by atoms with Crippen molar-refractivity contribution in [3.05, 3.63) is 29.8 Å². The normalized spacial score (nSPS) is 13.7. The highest BCUT2D eigenvalue weighted by molar-refractivity contribution is 5.90. The molecule has 33 heavy (non-hydrogen) atoms. The summed E-state index contributed by atoms with van der Waals surface area (Å²) in [5.41, 5.74) is 6.45. The van der Waals surface area contributed by atoms with Gasteiger partial charge in [-0.25, -0.2) is 0 Å². The molecule has 9 nitrogen and oxygen atoms in total. The molecular formula is C24H40N4O5. The monoisotopic (exact) mass is 464 g/mol. The van der Waals surface area contributed by atoms with Crippen LogP contribution in [0.4, 0.5) is 0 Å². The van der Waals surface area contributed by atoms with Gasteiger partial charge in [-0.2, -0.15) is 0 Å². The molecule has 0 aliphatic carbocycles. The Bertz CT molecular complexity index is 739. The summed E-state index contributed by atoms with van der Waals surface area (Å²) in [5, 5.41) is 8.63. The zero-order valence-corrected chi connectivity index (χ0v) is 20.5. The highest BCUT2D eigenvalue weighted by Gasteiger charge is 2.30. The van der Waals surface area contributed by atoms with Crippen LogP contribution in [0.3, 0.4) is 0 Å². The van der Waals surface area contributed by atoms with E-state index >= 15 is 0 Å². The van der Waals surface area contributed by atoms with E-state index in [0.717, 1.165) is 18.4 Å². The summed E-state index contributed by atoms with van der Waals surface area (Å²) in [6.07, 6.45) is 2.84. The molecular weight excluding hydrogens is 424 g/mol. The van der Waals surface area contributed by atoms with Crippen LogP contribution in [0.2, 0.25) is 0 Å². The highest BCUT2D eigenvalue weighted by Crippen LogP contribution is 2.14. The minimum atomic E-state index is -0.763. The van der Waals surface area contributed by atoms with Crippen LogP contribution in [0, 0.1) is 5.92 Å². The second-order valence-corrected chi connectivity index (χ2v) is 8.44. The van der Waals surface area contributed by atoms with Gasteiger partial charge in [0.15, 0.2) is 0 Å². The zero-order chi connectivity index (χ0) is 24.8. The molecule has 1 aromatic rings. The summed E-state index contributed by atoms with van der Waals surface area (Å²) in [4.78, 5) is 38.0. The van der Waals surface area contributed by atoms with Crippen LogP contribution >= 0.6 is 0 Å². The number of amides is 2. The molecule has 1 rings (SSSR count). The quantitative estimate of drug-likeness (QED) is 0.226. The fourth-order valence-electron chi connectivity index (χ4n) is 3.52. The molecule has 5 N–H and O–H groups in total. The minimum Gasteiger partial charge on any atom is -0.497 e. The Kier molecular flexibility index (Phi) is 13.1. The average molecular weight is 465 g/mol. The summed E-state index contributed by atoms with van der Waals surface area (Å²) in [5.74, 6) is -0.150. The number of ether oxygens (including phenoxy) is 2. The summed E-state index contributed by atoms with van der Waals surface area (Å²) < 4.78 is 10.1. The van der Waals surface area contributed by atoms with Gasteiger partial charge in [0.1, 0.15) is 17.8 Å². The van der Waals surface area contributed by atoms with Gasteiger partial charge in [0, 0.05) is 13.5 Å². The van der Waals surface area contributed by atoms with E-state index < -0.39 is 24.1 Å². The summed E-state index contributed by atoms with van der Waals surface area (Å²) >= 11 is 0. The molecule has 0 radical (unpaired) electrons. The number of likely N-dealkylation sites (N-methyl/N-ethyl adjacent to an activating group) is 1. The topological polar surface area (TPSA) is 132 Å². The summed E-state index contributed by atoms with van der Waals surface area (Å²) in [7, 11) is 4.44. The average Bonchev–Trinajstić information content (AvgIpc) is 2.81. The van der Waals surface area contributed by atoms with Crippen molar-refractivity contribution >= 4 is 17.8 Å². The van der Waals surface area contributed by atoms with E-state index in [0.29, 0.717) is 31.6 Å². The van der Waals surface area contributed by atoms with Gasteiger partial charge >= 0.3 is 5.97 Å². The van der Waals surface area contributed by atoms with E-state index in [9.17, 15) is 14.4 Å². The van der Waals surface area contributed by atoms with Gasteiger partial charge in [-0.05, 0) is 49.4 Å². The van der Waals surface area contributed by atoms with Crippen LogP contribution in [0.15, 0.2) is 24.3 Å². The van der Waals surface area contributed by atoms with Gasteiger partial charge in [0.25, 0.3) is 0 Å². The Morgan fingerprint density at radius 3 is 2.15 bits per heavy atom. The van der Waals surface area contributed by atoms with Gasteiger partial charge in [0.2, 0.25) is 11.8 Å². The first-order valence-electron chi connectivity index (χ1n) is 11.4. The second kappa shape index (κ2) is 15.2. The molecule has 9 heteroatoms. The van der Waals surface area contributed by atoms with Gasteiger partial charge in [-0.15, -0.1) is 0 Å². The molecule has 0 unspecified atom stereocenters. The van der Waals surface area contributed by atoms with Gasteiger partial charge in [-0.3, -0.25) is 19.7 Å². The molecule has 0 spiro atoms. The second-order valence-electron chi connectivity index (χ2n) is 8.44. The lowest BCUT2D eigenvalue weighted by Gasteiger charge is -2.27. The number of nitrogens with one attached hydrogen (secondary N) is 3. The summed E-state index contributed by atoms with van der Waals surface area (Å²) in [6.45, 7) is 4.53. The molecule has 0 saturated heterocycles. The SMILES string of the molecule is CNC(=O)[C@H](Cc1ccc(OC)cc1)NC(=O)[C@H](CC(C)C)N[C@H](CCCCN)C(=O)OC. The molecule has 0 aliphatic heterocycles.